The summed E-state index contributed by atoms with van der Waals surface area (Å²) in [6, 6.07) is 4.13. The third-order valence-corrected chi connectivity index (χ3v) is 4.97. The van der Waals surface area contributed by atoms with Crippen LogP contribution in [0.3, 0.4) is 0 Å². The van der Waals surface area contributed by atoms with Gasteiger partial charge in [-0.25, -0.2) is 12.7 Å². The topological polar surface area (TPSA) is 66.5 Å². The zero-order valence-electron chi connectivity index (χ0n) is 12.4. The number of rotatable bonds is 3. The van der Waals surface area contributed by atoms with E-state index in [1.54, 1.807) is 0 Å². The lowest BCUT2D eigenvalue weighted by Crippen LogP contribution is -2.43. The number of halogens is 3. The Kier molecular flexibility index (Phi) is 5.00. The first-order chi connectivity index (χ1) is 10.6. The molecule has 1 aliphatic heterocycles. The predicted molar refractivity (Wildman–Crippen MR) is 79.2 cm³/mol. The van der Waals surface area contributed by atoms with E-state index < -0.39 is 33.6 Å². The maximum atomic E-state index is 12.5. The second kappa shape index (κ2) is 6.48. The monoisotopic (exact) mass is 350 g/mol. The van der Waals surface area contributed by atoms with Crippen molar-refractivity contribution in [1.29, 1.82) is 0 Å². The Hall–Kier alpha value is -1.61. The van der Waals surface area contributed by atoms with E-state index in [1.165, 1.54) is 16.4 Å². The molecule has 1 unspecified atom stereocenters. The quantitative estimate of drug-likeness (QED) is 0.910. The molecule has 128 valence electrons. The van der Waals surface area contributed by atoms with E-state index in [-0.39, 0.29) is 12.2 Å². The second-order valence-corrected chi connectivity index (χ2v) is 7.51. The van der Waals surface area contributed by atoms with E-state index >= 15 is 0 Å². The number of amides is 1. The molecule has 1 N–H and O–H groups in total. The molecule has 0 radical (unpaired) electrons. The van der Waals surface area contributed by atoms with Gasteiger partial charge in [-0.1, -0.05) is 0 Å². The summed E-state index contributed by atoms with van der Waals surface area (Å²) in [4.78, 5) is 12.2. The minimum Gasteiger partial charge on any atom is -0.326 e. The lowest BCUT2D eigenvalue weighted by molar-refractivity contribution is -0.137. The van der Waals surface area contributed by atoms with Crippen LogP contribution in [0.2, 0.25) is 0 Å². The number of piperidine rings is 1. The van der Waals surface area contributed by atoms with Crippen LogP contribution in [-0.2, 0) is 21.0 Å². The third-order valence-electron chi connectivity index (χ3n) is 3.70. The van der Waals surface area contributed by atoms with Crippen molar-refractivity contribution in [3.63, 3.8) is 0 Å². The highest BCUT2D eigenvalue weighted by atomic mass is 32.2. The number of alkyl halides is 3. The zero-order chi connectivity index (χ0) is 17.3. The fraction of sp³-hybridized carbons (Fsp3) is 0.500. The molecule has 0 bridgehead atoms. The van der Waals surface area contributed by atoms with Crippen LogP contribution in [0.1, 0.15) is 18.4 Å². The number of hydrogen-bond acceptors (Lipinski definition) is 3. The van der Waals surface area contributed by atoms with Crippen molar-refractivity contribution < 1.29 is 26.4 Å². The van der Waals surface area contributed by atoms with E-state index in [2.05, 4.69) is 5.32 Å². The van der Waals surface area contributed by atoms with Gasteiger partial charge in [-0.3, -0.25) is 4.79 Å². The highest BCUT2D eigenvalue weighted by Gasteiger charge is 2.31. The number of hydrogen-bond donors (Lipinski definition) is 1. The van der Waals surface area contributed by atoms with Gasteiger partial charge >= 0.3 is 6.18 Å². The van der Waals surface area contributed by atoms with Crippen LogP contribution in [0, 0.1) is 5.92 Å². The maximum absolute atomic E-state index is 12.5. The Morgan fingerprint density at radius 2 is 1.87 bits per heavy atom. The molecule has 5 nitrogen and oxygen atoms in total. The van der Waals surface area contributed by atoms with Crippen molar-refractivity contribution in [2.45, 2.75) is 19.0 Å². The number of nitrogens with zero attached hydrogens (tertiary/aromatic N) is 1. The number of benzene rings is 1. The van der Waals surface area contributed by atoms with Crippen LogP contribution in [0.25, 0.3) is 0 Å². The van der Waals surface area contributed by atoms with E-state index in [9.17, 15) is 26.4 Å². The fourth-order valence-corrected chi connectivity index (χ4v) is 3.36. The molecule has 9 heteroatoms. The molecule has 1 fully saturated rings. The lowest BCUT2D eigenvalue weighted by atomic mass is 9.98. The van der Waals surface area contributed by atoms with Gasteiger partial charge < -0.3 is 5.32 Å². The standard InChI is InChI=1S/C14H17F3N2O3S/c1-23(21,22)19-8-2-3-10(9-19)13(20)18-12-6-4-11(5-7-12)14(15,16)17/h4-7,10H,2-3,8-9H2,1H3,(H,18,20). The van der Waals surface area contributed by atoms with E-state index in [4.69, 9.17) is 0 Å². The van der Waals surface area contributed by atoms with Crippen molar-refractivity contribution in [3.8, 4) is 0 Å². The van der Waals surface area contributed by atoms with E-state index in [1.807, 2.05) is 0 Å². The summed E-state index contributed by atoms with van der Waals surface area (Å²) in [5.74, 6) is -0.904. The first-order valence-electron chi connectivity index (χ1n) is 7.00. The van der Waals surface area contributed by atoms with Gasteiger partial charge in [0.25, 0.3) is 0 Å². The summed E-state index contributed by atoms with van der Waals surface area (Å²) in [6.07, 6.45) is -2.23. The molecule has 1 aromatic rings. The predicted octanol–water partition coefficient (Wildman–Crippen LogP) is 2.32. The van der Waals surface area contributed by atoms with E-state index in [0.29, 0.717) is 19.4 Å². The van der Waals surface area contributed by atoms with Gasteiger partial charge in [0.05, 0.1) is 17.7 Å². The molecule has 2 rings (SSSR count). The van der Waals surface area contributed by atoms with Crippen LogP contribution in [0.4, 0.5) is 18.9 Å². The molecular weight excluding hydrogens is 333 g/mol. The molecule has 1 amide bonds. The highest BCUT2D eigenvalue weighted by Crippen LogP contribution is 2.30. The average molecular weight is 350 g/mol. The molecule has 23 heavy (non-hydrogen) atoms. The van der Waals surface area contributed by atoms with Crippen molar-refractivity contribution in [2.75, 3.05) is 24.7 Å². The summed E-state index contributed by atoms with van der Waals surface area (Å²) in [5, 5.41) is 2.53. The number of carbonyl (C=O) groups excluding carboxylic acids is 1. The van der Waals surface area contributed by atoms with Gasteiger partial charge in [-0.15, -0.1) is 0 Å². The van der Waals surface area contributed by atoms with Crippen LogP contribution in [0.5, 0.6) is 0 Å². The SMILES string of the molecule is CS(=O)(=O)N1CCCC(C(=O)Nc2ccc(C(F)(F)F)cc2)C1. The smallest absolute Gasteiger partial charge is 0.326 e. The minimum absolute atomic E-state index is 0.0886. The van der Waals surface area contributed by atoms with Crippen LogP contribution in [0.15, 0.2) is 24.3 Å². The Morgan fingerprint density at radius 1 is 1.26 bits per heavy atom. The Morgan fingerprint density at radius 3 is 2.39 bits per heavy atom. The van der Waals surface area contributed by atoms with Crippen LogP contribution in [-0.4, -0.2) is 38.0 Å². The van der Waals surface area contributed by atoms with Gasteiger partial charge in [0.15, 0.2) is 0 Å². The number of carbonyl (C=O) groups is 1. The molecule has 1 saturated heterocycles. The normalized spacial score (nSPS) is 20.3. The molecule has 1 heterocycles. The summed E-state index contributed by atoms with van der Waals surface area (Å²) in [7, 11) is -3.36. The van der Waals surface area contributed by atoms with Crippen molar-refractivity contribution in [2.24, 2.45) is 5.92 Å². The summed E-state index contributed by atoms with van der Waals surface area (Å²) in [6.45, 7) is 0.466. The van der Waals surface area contributed by atoms with Gasteiger partial charge in [0.1, 0.15) is 0 Å². The average Bonchev–Trinajstić information content (AvgIpc) is 2.46. The van der Waals surface area contributed by atoms with Crippen molar-refractivity contribution in [1.82, 2.24) is 4.31 Å². The third kappa shape index (κ3) is 4.68. The molecule has 0 aliphatic carbocycles. The van der Waals surface area contributed by atoms with Crippen LogP contribution >= 0.6 is 0 Å². The molecule has 1 atom stereocenters. The van der Waals surface area contributed by atoms with E-state index in [0.717, 1.165) is 18.4 Å². The van der Waals surface area contributed by atoms with Crippen LogP contribution < -0.4 is 5.32 Å². The van der Waals surface area contributed by atoms with Crippen molar-refractivity contribution >= 4 is 21.6 Å². The Labute approximate surface area is 132 Å². The zero-order valence-corrected chi connectivity index (χ0v) is 13.2. The first-order valence-corrected chi connectivity index (χ1v) is 8.85. The summed E-state index contributed by atoms with van der Waals surface area (Å²) in [5.41, 5.74) is -0.545. The molecule has 0 spiro atoms. The van der Waals surface area contributed by atoms with Gasteiger partial charge in [0, 0.05) is 18.8 Å². The number of nitrogens with one attached hydrogen (secondary N) is 1. The molecule has 0 aromatic heterocycles. The largest absolute Gasteiger partial charge is 0.416 e. The summed E-state index contributed by atoms with van der Waals surface area (Å²) >= 11 is 0. The second-order valence-electron chi connectivity index (χ2n) is 5.52. The van der Waals surface area contributed by atoms with Gasteiger partial charge in [-0.05, 0) is 37.1 Å². The fourth-order valence-electron chi connectivity index (χ4n) is 2.44. The van der Waals surface area contributed by atoms with Crippen molar-refractivity contribution in [3.05, 3.63) is 29.8 Å². The lowest BCUT2D eigenvalue weighted by Gasteiger charge is -2.30. The molecule has 0 saturated carbocycles. The number of anilines is 1. The summed E-state index contributed by atoms with van der Waals surface area (Å²) < 4.78 is 61.7. The molecule has 1 aromatic carbocycles. The Balaban J connectivity index is 2.01. The molecule has 1 aliphatic rings. The maximum Gasteiger partial charge on any atom is 0.416 e. The minimum atomic E-state index is -4.43. The Bertz CT molecular complexity index is 672. The van der Waals surface area contributed by atoms with Gasteiger partial charge in [0.2, 0.25) is 15.9 Å². The molecular formula is C14H17F3N2O3S. The van der Waals surface area contributed by atoms with Gasteiger partial charge in [-0.2, -0.15) is 13.2 Å². The number of sulfonamides is 1. The highest BCUT2D eigenvalue weighted by molar-refractivity contribution is 7.88. The first kappa shape index (κ1) is 17.7.